The first-order chi connectivity index (χ1) is 8.89. The minimum atomic E-state index is -1.29. The monoisotopic (exact) mass is 271 g/mol. The van der Waals surface area contributed by atoms with E-state index in [4.69, 9.17) is 5.11 Å². The Balaban J connectivity index is 2.47. The van der Waals surface area contributed by atoms with Crippen LogP contribution in [-0.2, 0) is 4.79 Å². The van der Waals surface area contributed by atoms with Crippen molar-refractivity contribution in [2.24, 2.45) is 4.99 Å². The second kappa shape index (κ2) is 4.68. The van der Waals surface area contributed by atoms with E-state index in [1.807, 2.05) is 0 Å². The largest absolute Gasteiger partial charge is 0.479 e. The molecule has 1 aliphatic heterocycles. The number of carboxylic acids is 1. The molecule has 1 atom stereocenters. The van der Waals surface area contributed by atoms with Gasteiger partial charge in [0.25, 0.3) is 0 Å². The zero-order chi connectivity index (χ0) is 14.2. The van der Waals surface area contributed by atoms with Crippen LogP contribution >= 0.6 is 0 Å². The predicted molar refractivity (Wildman–Crippen MR) is 62.7 cm³/mol. The van der Waals surface area contributed by atoms with Crippen LogP contribution in [0.3, 0.4) is 0 Å². The Bertz CT molecular complexity index is 571. The summed E-state index contributed by atoms with van der Waals surface area (Å²) in [6, 6.07) is 1.16. The summed E-state index contributed by atoms with van der Waals surface area (Å²) in [5, 5.41) is 9.16. The van der Waals surface area contributed by atoms with Crippen LogP contribution in [0.15, 0.2) is 17.1 Å². The molecule has 1 unspecified atom stereocenters. The van der Waals surface area contributed by atoms with Gasteiger partial charge >= 0.3 is 5.97 Å². The third kappa shape index (κ3) is 2.22. The Morgan fingerprint density at radius 2 is 1.95 bits per heavy atom. The van der Waals surface area contributed by atoms with E-state index in [2.05, 4.69) is 4.99 Å². The van der Waals surface area contributed by atoms with Gasteiger partial charge in [-0.2, -0.15) is 0 Å². The smallest absolute Gasteiger partial charge is 0.331 e. The fraction of sp³-hybridized carbons (Fsp3) is 0.385. The van der Waals surface area contributed by atoms with Crippen molar-refractivity contribution in [1.82, 2.24) is 0 Å². The minimum Gasteiger partial charge on any atom is -0.479 e. The van der Waals surface area contributed by atoms with Crippen molar-refractivity contribution in [3.8, 4) is 0 Å². The van der Waals surface area contributed by atoms with Crippen LogP contribution in [0.5, 0.6) is 0 Å². The molecule has 3 nitrogen and oxygen atoms in total. The number of carbonyl (C=O) groups is 1. The molecule has 6 heteroatoms. The number of hydrogen-bond donors (Lipinski definition) is 1. The fourth-order valence-corrected chi connectivity index (χ4v) is 2.20. The van der Waals surface area contributed by atoms with Crippen molar-refractivity contribution >= 4 is 11.7 Å². The molecule has 0 saturated heterocycles. The Kier molecular flexibility index (Phi) is 3.34. The summed E-state index contributed by atoms with van der Waals surface area (Å²) in [5.41, 5.74) is -1.29. The van der Waals surface area contributed by atoms with Gasteiger partial charge in [0.05, 0.1) is 0 Å². The van der Waals surface area contributed by atoms with Crippen LogP contribution in [0.2, 0.25) is 0 Å². The van der Waals surface area contributed by atoms with E-state index in [1.165, 1.54) is 0 Å². The normalized spacial score (nSPS) is 22.4. The maximum atomic E-state index is 13.6. The number of hydrogen-bond acceptors (Lipinski definition) is 2. The summed E-state index contributed by atoms with van der Waals surface area (Å²) < 4.78 is 39.6. The summed E-state index contributed by atoms with van der Waals surface area (Å²) in [5.74, 6) is -4.48. The maximum Gasteiger partial charge on any atom is 0.331 e. The molecule has 102 valence electrons. The first kappa shape index (κ1) is 13.6. The summed E-state index contributed by atoms with van der Waals surface area (Å²) in [4.78, 5) is 15.2. The Morgan fingerprint density at radius 3 is 2.47 bits per heavy atom. The Labute approximate surface area is 107 Å². The molecule has 2 rings (SSSR count). The lowest BCUT2D eigenvalue weighted by Gasteiger charge is -2.17. The number of rotatable bonds is 3. The quantitative estimate of drug-likeness (QED) is 0.859. The molecule has 0 saturated carbocycles. The lowest BCUT2D eigenvalue weighted by Crippen LogP contribution is -2.33. The molecule has 0 aliphatic carbocycles. The fourth-order valence-electron chi connectivity index (χ4n) is 2.20. The summed E-state index contributed by atoms with van der Waals surface area (Å²) in [6.07, 6.45) is 0.714. The number of nitrogens with zero attached hydrogens (tertiary/aromatic N) is 1. The second-order valence-corrected chi connectivity index (χ2v) is 4.49. The second-order valence-electron chi connectivity index (χ2n) is 4.49. The number of aliphatic imine (C=N–C) groups is 1. The van der Waals surface area contributed by atoms with Crippen LogP contribution in [0, 0.1) is 17.5 Å². The summed E-state index contributed by atoms with van der Waals surface area (Å²) in [7, 11) is 0. The number of benzene rings is 1. The first-order valence-electron chi connectivity index (χ1n) is 5.86. The number of carboxylic acid groups (broad SMARTS) is 1. The molecule has 0 fully saturated rings. The van der Waals surface area contributed by atoms with Crippen LogP contribution in [0.4, 0.5) is 13.2 Å². The molecule has 1 aliphatic rings. The van der Waals surface area contributed by atoms with Crippen molar-refractivity contribution in [2.45, 2.75) is 31.7 Å². The zero-order valence-electron chi connectivity index (χ0n) is 10.2. The molecule has 1 aromatic carbocycles. The van der Waals surface area contributed by atoms with E-state index in [9.17, 15) is 18.0 Å². The lowest BCUT2D eigenvalue weighted by molar-refractivity contribution is -0.143. The predicted octanol–water partition coefficient (Wildman–Crippen LogP) is 2.92. The van der Waals surface area contributed by atoms with Crippen LogP contribution in [0.25, 0.3) is 0 Å². The third-order valence-electron chi connectivity index (χ3n) is 3.43. The van der Waals surface area contributed by atoms with E-state index in [0.29, 0.717) is 6.07 Å². The van der Waals surface area contributed by atoms with E-state index in [0.717, 1.165) is 6.07 Å². The zero-order valence-corrected chi connectivity index (χ0v) is 10.2. The first-order valence-corrected chi connectivity index (χ1v) is 5.86. The lowest BCUT2D eigenvalue weighted by atomic mass is 9.93. The molecule has 0 amide bonds. The van der Waals surface area contributed by atoms with Gasteiger partial charge in [-0.15, -0.1) is 0 Å². The average Bonchev–Trinajstić information content (AvgIpc) is 2.79. The molecular formula is C13H12F3NO2. The highest BCUT2D eigenvalue weighted by Crippen LogP contribution is 2.32. The molecule has 0 aromatic heterocycles. The summed E-state index contributed by atoms with van der Waals surface area (Å²) >= 11 is 0. The van der Waals surface area contributed by atoms with Gasteiger partial charge in [-0.25, -0.2) is 18.0 Å². The van der Waals surface area contributed by atoms with Crippen LogP contribution < -0.4 is 0 Å². The molecular weight excluding hydrogens is 259 g/mol. The highest BCUT2D eigenvalue weighted by molar-refractivity contribution is 6.04. The van der Waals surface area contributed by atoms with Crippen molar-refractivity contribution in [3.63, 3.8) is 0 Å². The number of aliphatic carboxylic acids is 1. The van der Waals surface area contributed by atoms with Gasteiger partial charge in [0.2, 0.25) is 0 Å². The van der Waals surface area contributed by atoms with Gasteiger partial charge in [0.15, 0.2) is 17.2 Å². The van der Waals surface area contributed by atoms with Crippen molar-refractivity contribution in [3.05, 3.63) is 35.1 Å². The Morgan fingerprint density at radius 1 is 1.32 bits per heavy atom. The summed E-state index contributed by atoms with van der Waals surface area (Å²) in [6.45, 7) is 1.67. The van der Waals surface area contributed by atoms with Crippen molar-refractivity contribution < 1.29 is 23.1 Å². The van der Waals surface area contributed by atoms with E-state index >= 15 is 0 Å². The molecule has 1 heterocycles. The maximum absolute atomic E-state index is 13.6. The van der Waals surface area contributed by atoms with Gasteiger partial charge in [0.1, 0.15) is 5.82 Å². The van der Waals surface area contributed by atoms with E-state index in [1.54, 1.807) is 6.92 Å². The van der Waals surface area contributed by atoms with Gasteiger partial charge in [0, 0.05) is 17.3 Å². The molecule has 0 radical (unpaired) electrons. The van der Waals surface area contributed by atoms with Crippen LogP contribution in [-0.4, -0.2) is 22.3 Å². The van der Waals surface area contributed by atoms with Crippen molar-refractivity contribution in [2.75, 3.05) is 0 Å². The van der Waals surface area contributed by atoms with E-state index < -0.39 is 29.0 Å². The average molecular weight is 271 g/mol. The van der Waals surface area contributed by atoms with Gasteiger partial charge in [-0.05, 0) is 25.3 Å². The van der Waals surface area contributed by atoms with Gasteiger partial charge in [-0.1, -0.05) is 6.92 Å². The molecule has 1 aromatic rings. The van der Waals surface area contributed by atoms with E-state index in [-0.39, 0.29) is 30.5 Å². The number of halogens is 3. The Hall–Kier alpha value is -1.85. The highest BCUT2D eigenvalue weighted by atomic mass is 19.2. The van der Waals surface area contributed by atoms with Crippen LogP contribution in [0.1, 0.15) is 31.7 Å². The SMILES string of the molecule is CCC1(C(=O)O)CCC(c2cc(F)c(F)cc2F)=N1. The molecule has 0 spiro atoms. The van der Waals surface area contributed by atoms with Crippen molar-refractivity contribution in [1.29, 1.82) is 0 Å². The standard InChI is InChI=1S/C13H12F3NO2/c1-2-13(12(18)19)4-3-11(17-13)7-5-9(15)10(16)6-8(7)14/h5-6H,2-4H2,1H3,(H,18,19). The topological polar surface area (TPSA) is 49.7 Å². The molecule has 0 bridgehead atoms. The third-order valence-corrected chi connectivity index (χ3v) is 3.43. The highest BCUT2D eigenvalue weighted by Gasteiger charge is 2.41. The van der Waals surface area contributed by atoms with Gasteiger partial charge in [-0.3, -0.25) is 4.99 Å². The minimum absolute atomic E-state index is 0.167. The molecule has 19 heavy (non-hydrogen) atoms. The van der Waals surface area contributed by atoms with Gasteiger partial charge < -0.3 is 5.11 Å². The molecule has 1 N–H and O–H groups in total.